The van der Waals surface area contributed by atoms with Gasteiger partial charge in [0.1, 0.15) is 17.9 Å². The van der Waals surface area contributed by atoms with E-state index in [2.05, 4.69) is 37.0 Å². The minimum absolute atomic E-state index is 0.0271. The lowest BCUT2D eigenvalue weighted by atomic mass is 9.85. The van der Waals surface area contributed by atoms with Crippen LogP contribution < -0.4 is 20.3 Å². The number of aromatic nitrogens is 2. The summed E-state index contributed by atoms with van der Waals surface area (Å²) >= 11 is 6.14. The number of hydrogen-bond acceptors (Lipinski definition) is 11. The number of carbonyl (C=O) groups excluding carboxylic acids is 5. The Kier molecular flexibility index (Phi) is 10.3. The molecule has 1 aromatic heterocycles. The molecule has 0 radical (unpaired) electrons. The van der Waals surface area contributed by atoms with Crippen molar-refractivity contribution in [1.29, 1.82) is 5.26 Å². The Morgan fingerprint density at radius 2 is 1.61 bits per heavy atom. The third kappa shape index (κ3) is 7.48. The zero-order valence-corrected chi connectivity index (χ0v) is 31.5. The zero-order valence-electron chi connectivity index (χ0n) is 30.8. The van der Waals surface area contributed by atoms with Gasteiger partial charge in [0.2, 0.25) is 17.8 Å². The highest BCUT2D eigenvalue weighted by Gasteiger charge is 2.45. The molecule has 3 aromatic rings. The molecule has 5 amide bonds. The van der Waals surface area contributed by atoms with Crippen molar-refractivity contribution in [3.63, 3.8) is 0 Å². The second-order valence-corrected chi connectivity index (χ2v) is 15.7. The van der Waals surface area contributed by atoms with E-state index in [9.17, 15) is 24.0 Å². The number of imide groups is 2. The summed E-state index contributed by atoms with van der Waals surface area (Å²) in [5, 5.41) is 14.8. The van der Waals surface area contributed by atoms with E-state index >= 15 is 0 Å². The minimum Gasteiger partial charge on any atom is -0.462 e. The summed E-state index contributed by atoms with van der Waals surface area (Å²) in [4.78, 5) is 78.3. The first kappa shape index (κ1) is 37.3. The van der Waals surface area contributed by atoms with Crippen molar-refractivity contribution < 1.29 is 28.7 Å². The van der Waals surface area contributed by atoms with Crippen molar-refractivity contribution in [2.75, 3.05) is 24.5 Å². The number of carbonyl (C=O) groups is 5. The van der Waals surface area contributed by atoms with Gasteiger partial charge in [0, 0.05) is 69.6 Å². The van der Waals surface area contributed by atoms with Gasteiger partial charge in [-0.2, -0.15) is 5.26 Å². The Hall–Kier alpha value is -5.65. The molecule has 1 aliphatic carbocycles. The molecule has 2 aromatic carbocycles. The van der Waals surface area contributed by atoms with Gasteiger partial charge in [0.25, 0.3) is 17.7 Å². The fourth-order valence-electron chi connectivity index (χ4n) is 8.56. The Morgan fingerprint density at radius 3 is 2.21 bits per heavy atom. The molecule has 1 saturated carbocycles. The lowest BCUT2D eigenvalue weighted by molar-refractivity contribution is -0.136. The van der Waals surface area contributed by atoms with Crippen LogP contribution in [0.2, 0.25) is 5.02 Å². The Bertz CT molecular complexity index is 2130. The second kappa shape index (κ2) is 15.5. The fraction of sp³-hybridized carbons (Fsp3) is 0.415. The number of nitrogens with zero attached hydrogens (tertiary/aromatic N) is 6. The summed E-state index contributed by atoms with van der Waals surface area (Å²) in [7, 11) is 0. The molecule has 0 bridgehead atoms. The number of amides is 5. The summed E-state index contributed by atoms with van der Waals surface area (Å²) in [5.41, 5.74) is 3.48. The van der Waals surface area contributed by atoms with Crippen molar-refractivity contribution in [3.05, 3.63) is 93.5 Å². The van der Waals surface area contributed by atoms with E-state index < -0.39 is 29.7 Å². The molecule has 56 heavy (non-hydrogen) atoms. The normalized spacial score (nSPS) is 22.7. The highest BCUT2D eigenvalue weighted by atomic mass is 35.5. The maximum absolute atomic E-state index is 13.3. The summed E-state index contributed by atoms with van der Waals surface area (Å²) in [6.07, 6.45) is 8.52. The monoisotopic (exact) mass is 776 g/mol. The number of piperidine rings is 2. The molecule has 5 aliphatic rings. The maximum atomic E-state index is 13.3. The van der Waals surface area contributed by atoms with Gasteiger partial charge in [-0.3, -0.25) is 39.1 Å². The summed E-state index contributed by atoms with van der Waals surface area (Å²) < 4.78 is 5.94. The second-order valence-electron chi connectivity index (χ2n) is 15.3. The summed E-state index contributed by atoms with van der Waals surface area (Å²) in [5.74, 6) is 0.237. The molecule has 14 nitrogen and oxygen atoms in total. The third-order valence-electron chi connectivity index (χ3n) is 11.7. The van der Waals surface area contributed by atoms with Crippen molar-refractivity contribution in [2.45, 2.75) is 76.5 Å². The van der Waals surface area contributed by atoms with Crippen LogP contribution in [-0.2, 0) is 22.7 Å². The molecule has 288 valence electrons. The van der Waals surface area contributed by atoms with E-state index in [0.29, 0.717) is 63.7 Å². The van der Waals surface area contributed by atoms with Crippen LogP contribution in [0.1, 0.15) is 99.1 Å². The Labute approximate surface area is 328 Å². The predicted molar refractivity (Wildman–Crippen MR) is 203 cm³/mol. The highest BCUT2D eigenvalue weighted by molar-refractivity contribution is 6.31. The van der Waals surface area contributed by atoms with Crippen LogP contribution in [0.3, 0.4) is 0 Å². The van der Waals surface area contributed by atoms with Gasteiger partial charge in [0.15, 0.2) is 0 Å². The van der Waals surface area contributed by atoms with Gasteiger partial charge < -0.3 is 15.0 Å². The number of fused-ring (bicyclic) bond motifs is 2. The summed E-state index contributed by atoms with van der Waals surface area (Å²) in [6.45, 7) is 7.94. The first-order chi connectivity index (χ1) is 27.0. The molecule has 5 heterocycles. The lowest BCUT2D eigenvalue weighted by Gasteiger charge is -2.33. The number of benzene rings is 2. The Morgan fingerprint density at radius 1 is 0.946 bits per heavy atom. The number of nitrogens with one attached hydrogen (secondary N) is 2. The average Bonchev–Trinajstić information content (AvgIpc) is 3.70. The number of halogens is 1. The van der Waals surface area contributed by atoms with Crippen LogP contribution in [0.4, 0.5) is 5.95 Å². The number of ether oxygens (including phenoxy) is 1. The van der Waals surface area contributed by atoms with E-state index in [1.807, 2.05) is 6.07 Å². The molecule has 4 aliphatic heterocycles. The van der Waals surface area contributed by atoms with Crippen LogP contribution in [0.15, 0.2) is 55.1 Å². The van der Waals surface area contributed by atoms with E-state index in [1.165, 1.54) is 0 Å². The molecule has 2 saturated heterocycles. The number of nitriles is 1. The smallest absolute Gasteiger partial charge is 0.262 e. The van der Waals surface area contributed by atoms with Crippen molar-refractivity contribution in [3.8, 4) is 11.8 Å². The molecule has 2 N–H and O–H groups in total. The van der Waals surface area contributed by atoms with Gasteiger partial charge >= 0.3 is 0 Å². The SMILES string of the molecule is C=C(Oc1ccc(C#N)c(Cl)c1)[C@H]1CC[C@H](NC(=O)c2cnc(N3CCC(CN4Cc5cc6c(cc5C4)C(=O)N(C4CCC(=O)NC4=O)C6=O)CC3)nc2)CC1. The van der Waals surface area contributed by atoms with E-state index in [1.54, 1.807) is 42.7 Å². The van der Waals surface area contributed by atoms with Crippen molar-refractivity contribution >= 4 is 47.1 Å². The van der Waals surface area contributed by atoms with E-state index in [0.717, 1.165) is 74.2 Å². The molecular weight excluding hydrogens is 736 g/mol. The predicted octanol–water partition coefficient (Wildman–Crippen LogP) is 4.52. The third-order valence-corrected chi connectivity index (χ3v) is 12.0. The largest absolute Gasteiger partial charge is 0.462 e. The molecule has 3 fully saturated rings. The van der Waals surface area contributed by atoms with Crippen LogP contribution in [0.5, 0.6) is 5.75 Å². The number of allylic oxidation sites excluding steroid dienone is 1. The highest BCUT2D eigenvalue weighted by Crippen LogP contribution is 2.35. The van der Waals surface area contributed by atoms with Crippen LogP contribution in [-0.4, -0.2) is 81.0 Å². The zero-order chi connectivity index (χ0) is 39.1. The van der Waals surface area contributed by atoms with E-state index in [4.69, 9.17) is 21.6 Å². The number of anilines is 1. The van der Waals surface area contributed by atoms with Gasteiger partial charge in [0.05, 0.1) is 33.0 Å². The van der Waals surface area contributed by atoms with Gasteiger partial charge in [-0.25, -0.2) is 9.97 Å². The van der Waals surface area contributed by atoms with Crippen LogP contribution in [0, 0.1) is 23.2 Å². The quantitative estimate of drug-likeness (QED) is 0.231. The number of hydrogen-bond donors (Lipinski definition) is 2. The molecule has 8 rings (SSSR count). The molecule has 1 atom stereocenters. The first-order valence-corrected chi connectivity index (χ1v) is 19.5. The molecule has 0 spiro atoms. The standard InChI is InChI=1S/C41H41ClN8O6/c1-23(56-31-7-4-26(17-43)34(42)16-31)25-2-5-30(6-3-25)46-37(52)29-18-44-41(45-19-29)49-12-10-24(11-13-49)20-48-21-27-14-32-33(15-28(27)22-48)40(55)50(39(32)54)35-8-9-36(51)47-38(35)53/h4,7,14-16,18-19,24-25,30,35H,1-3,5-6,8-13,20-22H2,(H,46,52)(H,47,51,53)/t25-,30-,35?. The van der Waals surface area contributed by atoms with Crippen LogP contribution >= 0.6 is 11.6 Å². The Balaban J connectivity index is 0.773. The van der Waals surface area contributed by atoms with E-state index in [-0.39, 0.29) is 30.7 Å². The summed E-state index contributed by atoms with van der Waals surface area (Å²) in [6, 6.07) is 9.65. The fourth-order valence-corrected chi connectivity index (χ4v) is 8.78. The maximum Gasteiger partial charge on any atom is 0.262 e. The molecule has 1 unspecified atom stereocenters. The van der Waals surface area contributed by atoms with Gasteiger partial charge in [-0.15, -0.1) is 0 Å². The lowest BCUT2D eigenvalue weighted by Crippen LogP contribution is -2.54. The van der Waals surface area contributed by atoms with Crippen LogP contribution in [0.25, 0.3) is 0 Å². The van der Waals surface area contributed by atoms with Crippen molar-refractivity contribution in [1.82, 2.24) is 30.4 Å². The van der Waals surface area contributed by atoms with Gasteiger partial charge in [-0.05, 0) is 86.3 Å². The average molecular weight is 777 g/mol. The number of rotatable bonds is 9. The van der Waals surface area contributed by atoms with Crippen molar-refractivity contribution in [2.24, 2.45) is 11.8 Å². The first-order valence-electron chi connectivity index (χ1n) is 19.1. The molecular formula is C41H41ClN8O6. The topological polar surface area (TPSA) is 178 Å². The minimum atomic E-state index is -0.972. The van der Waals surface area contributed by atoms with Gasteiger partial charge in [-0.1, -0.05) is 18.2 Å². The molecule has 15 heteroatoms.